The molecule has 0 bridgehead atoms. The molecule has 1 aliphatic heterocycles. The number of anilines is 1. The molecule has 3 aromatic rings. The van der Waals surface area contributed by atoms with E-state index in [4.69, 9.17) is 21.1 Å². The molecule has 11 heteroatoms. The lowest BCUT2D eigenvalue weighted by molar-refractivity contribution is -0.161. The van der Waals surface area contributed by atoms with E-state index in [0.29, 0.717) is 36.5 Å². The summed E-state index contributed by atoms with van der Waals surface area (Å²) in [7, 11) is 1.30. The van der Waals surface area contributed by atoms with Crippen LogP contribution in [0.15, 0.2) is 42.9 Å². The number of esters is 2. The maximum atomic E-state index is 14.0. The number of aromatic nitrogens is 3. The van der Waals surface area contributed by atoms with Gasteiger partial charge < -0.3 is 24.7 Å². The molecule has 3 heterocycles. The molecule has 0 radical (unpaired) electrons. The first-order valence-electron chi connectivity index (χ1n) is 12.9. The summed E-state index contributed by atoms with van der Waals surface area (Å²) in [5.41, 5.74) is -0.285. The van der Waals surface area contributed by atoms with Crippen LogP contribution < -0.4 is 10.2 Å². The second kappa shape index (κ2) is 11.6. The van der Waals surface area contributed by atoms with E-state index < -0.39 is 29.0 Å². The first-order valence-corrected chi connectivity index (χ1v) is 13.3. The van der Waals surface area contributed by atoms with Gasteiger partial charge in [-0.2, -0.15) is 0 Å². The van der Waals surface area contributed by atoms with E-state index in [9.17, 15) is 14.4 Å². The number of halogens is 1. The number of benzene rings is 1. The maximum Gasteiger partial charge on any atom is 0.307 e. The molecule has 1 aliphatic rings. The van der Waals surface area contributed by atoms with Crippen molar-refractivity contribution in [1.82, 2.24) is 20.3 Å². The largest absolute Gasteiger partial charge is 0.469 e. The molecule has 2 N–H and O–H groups in total. The number of methoxy groups -OCH3 is 1. The lowest BCUT2D eigenvalue weighted by Gasteiger charge is -2.41. The minimum Gasteiger partial charge on any atom is -0.469 e. The van der Waals surface area contributed by atoms with E-state index in [0.717, 1.165) is 16.9 Å². The Hall–Kier alpha value is -3.66. The molecule has 10 nitrogen and oxygen atoms in total. The van der Waals surface area contributed by atoms with Crippen molar-refractivity contribution in [2.75, 3.05) is 25.1 Å². The highest BCUT2D eigenvalue weighted by atomic mass is 35.5. The van der Waals surface area contributed by atoms with Crippen LogP contribution in [0.2, 0.25) is 5.02 Å². The van der Waals surface area contributed by atoms with Gasteiger partial charge in [0, 0.05) is 24.3 Å². The van der Waals surface area contributed by atoms with Gasteiger partial charge in [0.05, 0.1) is 36.8 Å². The lowest BCUT2D eigenvalue weighted by Crippen LogP contribution is -2.51. The molecule has 0 saturated carbocycles. The van der Waals surface area contributed by atoms with Crippen molar-refractivity contribution in [2.45, 2.75) is 58.1 Å². The zero-order valence-electron chi connectivity index (χ0n) is 22.6. The molecule has 1 aromatic carbocycles. The summed E-state index contributed by atoms with van der Waals surface area (Å²) in [6.45, 7) is 6.38. The third-order valence-electron chi connectivity index (χ3n) is 6.91. The van der Waals surface area contributed by atoms with E-state index in [-0.39, 0.29) is 18.7 Å². The van der Waals surface area contributed by atoms with Crippen LogP contribution >= 0.6 is 11.6 Å². The summed E-state index contributed by atoms with van der Waals surface area (Å²) in [4.78, 5) is 53.2. The number of nitrogens with one attached hydrogen (secondary N) is 2. The monoisotopic (exact) mass is 555 g/mol. The van der Waals surface area contributed by atoms with Crippen molar-refractivity contribution in [1.29, 1.82) is 0 Å². The molecule has 2 aromatic heterocycles. The van der Waals surface area contributed by atoms with Gasteiger partial charge in [0.15, 0.2) is 0 Å². The smallest absolute Gasteiger partial charge is 0.307 e. The highest BCUT2D eigenvalue weighted by Gasteiger charge is 2.45. The molecule has 1 amide bonds. The van der Waals surface area contributed by atoms with Gasteiger partial charge in [-0.05, 0) is 57.4 Å². The molecule has 4 rings (SSSR count). The molecule has 1 atom stereocenters. The Labute approximate surface area is 232 Å². The Morgan fingerprint density at radius 3 is 2.44 bits per heavy atom. The Morgan fingerprint density at radius 2 is 1.79 bits per heavy atom. The number of hydrogen-bond acceptors (Lipinski definition) is 8. The fourth-order valence-corrected chi connectivity index (χ4v) is 5.03. The quantitative estimate of drug-likeness (QED) is 0.393. The molecule has 39 heavy (non-hydrogen) atoms. The summed E-state index contributed by atoms with van der Waals surface area (Å²) in [6.07, 6.45) is 3.95. The van der Waals surface area contributed by atoms with Crippen LogP contribution in [0.5, 0.6) is 0 Å². The van der Waals surface area contributed by atoms with Crippen LogP contribution in [0.3, 0.4) is 0 Å². The van der Waals surface area contributed by atoms with Gasteiger partial charge in [0.25, 0.3) is 0 Å². The number of amides is 1. The molecule has 1 saturated heterocycles. The second-order valence-corrected chi connectivity index (χ2v) is 11.3. The van der Waals surface area contributed by atoms with Gasteiger partial charge in [-0.3, -0.25) is 14.4 Å². The number of rotatable bonds is 8. The molecule has 0 aliphatic carbocycles. The van der Waals surface area contributed by atoms with Crippen LogP contribution in [0, 0.1) is 5.41 Å². The van der Waals surface area contributed by atoms with Crippen LogP contribution in [0.25, 0.3) is 11.0 Å². The Balaban J connectivity index is 1.59. The number of carbonyl (C=O) groups is 3. The van der Waals surface area contributed by atoms with Crippen molar-refractivity contribution < 1.29 is 23.9 Å². The standard InChI is InChI=1S/C28H34ClN5O5/c1-27(2,3)39-23(36)16-28(10-13-34(14-11-28)25-20-9-12-30-24(20)31-17-32-25)26(37)33-21(15-22(35)38-4)18-5-7-19(29)8-6-18/h5-9,12,17,21H,10-11,13-16H2,1-4H3,(H,33,37)(H,30,31,32). The zero-order chi connectivity index (χ0) is 28.2. The van der Waals surface area contributed by atoms with Crippen molar-refractivity contribution in [3.05, 3.63) is 53.4 Å². The molecule has 208 valence electrons. The summed E-state index contributed by atoms with van der Waals surface area (Å²) in [5, 5.41) is 4.47. The molecule has 1 fully saturated rings. The first kappa shape index (κ1) is 28.4. The van der Waals surface area contributed by atoms with Crippen molar-refractivity contribution >= 4 is 46.3 Å². The summed E-state index contributed by atoms with van der Waals surface area (Å²) >= 11 is 6.06. The van der Waals surface area contributed by atoms with Gasteiger partial charge >= 0.3 is 11.9 Å². The molecular weight excluding hydrogens is 522 g/mol. The normalized spacial score (nSPS) is 16.0. The van der Waals surface area contributed by atoms with Crippen LogP contribution in [-0.2, 0) is 23.9 Å². The third-order valence-corrected chi connectivity index (χ3v) is 7.17. The summed E-state index contributed by atoms with van der Waals surface area (Å²) < 4.78 is 10.5. The number of hydrogen-bond donors (Lipinski definition) is 2. The summed E-state index contributed by atoms with van der Waals surface area (Å²) in [5.74, 6) is -0.452. The van der Waals surface area contributed by atoms with E-state index >= 15 is 0 Å². The van der Waals surface area contributed by atoms with Gasteiger partial charge in [-0.1, -0.05) is 23.7 Å². The summed E-state index contributed by atoms with van der Waals surface area (Å²) in [6, 6.07) is 8.19. The Bertz CT molecular complexity index is 1330. The topological polar surface area (TPSA) is 127 Å². The average molecular weight is 556 g/mol. The predicted octanol–water partition coefficient (Wildman–Crippen LogP) is 4.35. The number of aromatic amines is 1. The average Bonchev–Trinajstić information content (AvgIpc) is 3.37. The van der Waals surface area contributed by atoms with E-state index in [1.807, 2.05) is 12.3 Å². The minimum absolute atomic E-state index is 0.0646. The second-order valence-electron chi connectivity index (χ2n) is 10.8. The maximum absolute atomic E-state index is 14.0. The van der Waals surface area contributed by atoms with Crippen LogP contribution in [-0.4, -0.2) is 58.6 Å². The third kappa shape index (κ3) is 6.86. The fraction of sp³-hybridized carbons (Fsp3) is 0.464. The number of fused-ring (bicyclic) bond motifs is 1. The predicted molar refractivity (Wildman–Crippen MR) is 147 cm³/mol. The first-order chi connectivity index (χ1) is 18.5. The zero-order valence-corrected chi connectivity index (χ0v) is 23.4. The minimum atomic E-state index is -1.04. The van der Waals surface area contributed by atoms with Gasteiger partial charge in [0.1, 0.15) is 23.4 Å². The number of piperidine rings is 1. The van der Waals surface area contributed by atoms with E-state index in [1.165, 1.54) is 13.4 Å². The van der Waals surface area contributed by atoms with Crippen LogP contribution in [0.1, 0.15) is 58.1 Å². The Kier molecular flexibility index (Phi) is 8.44. The Morgan fingerprint density at radius 1 is 1.10 bits per heavy atom. The van der Waals surface area contributed by atoms with E-state index in [2.05, 4.69) is 25.2 Å². The number of carbonyl (C=O) groups excluding carboxylic acids is 3. The van der Waals surface area contributed by atoms with Gasteiger partial charge in [-0.25, -0.2) is 9.97 Å². The lowest BCUT2D eigenvalue weighted by atomic mass is 9.74. The van der Waals surface area contributed by atoms with Crippen molar-refractivity contribution in [3.63, 3.8) is 0 Å². The highest BCUT2D eigenvalue weighted by molar-refractivity contribution is 6.30. The van der Waals surface area contributed by atoms with Gasteiger partial charge in [0.2, 0.25) is 5.91 Å². The molecular formula is C28H34ClN5O5. The highest BCUT2D eigenvalue weighted by Crippen LogP contribution is 2.39. The van der Waals surface area contributed by atoms with Crippen molar-refractivity contribution in [3.8, 4) is 0 Å². The SMILES string of the molecule is COC(=O)CC(NC(=O)C1(CC(=O)OC(C)(C)C)CCN(c2ncnc3[nH]ccc23)CC1)c1ccc(Cl)cc1. The van der Waals surface area contributed by atoms with Crippen molar-refractivity contribution in [2.24, 2.45) is 5.41 Å². The fourth-order valence-electron chi connectivity index (χ4n) is 4.90. The van der Waals surface area contributed by atoms with E-state index in [1.54, 1.807) is 45.0 Å². The molecule has 0 spiro atoms. The number of H-pyrrole nitrogens is 1. The molecule has 1 unspecified atom stereocenters. The number of nitrogens with zero attached hydrogens (tertiary/aromatic N) is 3. The number of ether oxygens (including phenoxy) is 2. The van der Waals surface area contributed by atoms with Gasteiger partial charge in [-0.15, -0.1) is 0 Å². The van der Waals surface area contributed by atoms with Crippen LogP contribution in [0.4, 0.5) is 5.82 Å².